The van der Waals surface area contributed by atoms with Crippen LogP contribution in [0.25, 0.3) is 21.9 Å². The van der Waals surface area contributed by atoms with Crippen LogP contribution in [0.5, 0.6) is 5.75 Å². The Balaban J connectivity index is 2.25. The molecule has 0 fully saturated rings. The molecule has 0 amide bonds. The largest absolute Gasteiger partial charge is 0.497 e. The Morgan fingerprint density at radius 2 is 1.54 bits per heavy atom. The van der Waals surface area contributed by atoms with E-state index in [0.29, 0.717) is 11.3 Å². The highest BCUT2D eigenvalue weighted by molar-refractivity contribution is 6.83. The maximum Gasteiger partial charge on any atom is 0.416 e. The molecule has 3 rings (SSSR count). The second kappa shape index (κ2) is 7.37. The first-order chi connectivity index (χ1) is 13.1. The molecule has 1 nitrogen and oxygen atoms in total. The van der Waals surface area contributed by atoms with E-state index in [1.165, 1.54) is 12.1 Å². The summed E-state index contributed by atoms with van der Waals surface area (Å²) in [6.07, 6.45) is -4.35. The predicted molar refractivity (Wildman–Crippen MR) is 111 cm³/mol. The number of ether oxygens (including phenoxy) is 1. The third-order valence-electron chi connectivity index (χ3n) is 4.31. The minimum Gasteiger partial charge on any atom is -0.497 e. The van der Waals surface area contributed by atoms with Gasteiger partial charge in [0.05, 0.1) is 12.7 Å². The van der Waals surface area contributed by atoms with Crippen LogP contribution in [0.2, 0.25) is 19.6 Å². The van der Waals surface area contributed by atoms with E-state index in [4.69, 9.17) is 4.74 Å². The van der Waals surface area contributed by atoms with E-state index in [-0.39, 0.29) is 0 Å². The van der Waals surface area contributed by atoms with Crippen molar-refractivity contribution in [3.8, 4) is 28.3 Å². The summed E-state index contributed by atoms with van der Waals surface area (Å²) in [6.45, 7) is 6.47. The topological polar surface area (TPSA) is 9.23 Å². The summed E-state index contributed by atoms with van der Waals surface area (Å²) < 4.78 is 44.1. The van der Waals surface area contributed by atoms with Gasteiger partial charge in [0.25, 0.3) is 0 Å². The molecule has 0 spiro atoms. The highest BCUT2D eigenvalue weighted by Gasteiger charge is 2.30. The maximum atomic E-state index is 12.9. The Hall–Kier alpha value is -2.71. The average Bonchev–Trinajstić information content (AvgIpc) is 2.64. The van der Waals surface area contributed by atoms with Crippen LogP contribution in [-0.4, -0.2) is 15.2 Å². The van der Waals surface area contributed by atoms with Crippen LogP contribution in [0.1, 0.15) is 11.1 Å². The van der Waals surface area contributed by atoms with E-state index < -0.39 is 19.8 Å². The van der Waals surface area contributed by atoms with Crippen LogP contribution in [0.15, 0.2) is 54.6 Å². The van der Waals surface area contributed by atoms with Crippen molar-refractivity contribution in [1.29, 1.82) is 0 Å². The summed E-state index contributed by atoms with van der Waals surface area (Å²) in [4.78, 5) is 0. The SMILES string of the molecule is COc1ccc2ccc(-c3ccc(C(F)(F)F)cc3)c(C#C[Si](C)(C)C)c2c1. The number of benzene rings is 3. The van der Waals surface area contributed by atoms with E-state index in [1.54, 1.807) is 7.11 Å². The number of rotatable bonds is 2. The lowest BCUT2D eigenvalue weighted by atomic mass is 9.94. The van der Waals surface area contributed by atoms with Crippen molar-refractivity contribution in [2.45, 2.75) is 25.8 Å². The van der Waals surface area contributed by atoms with Crippen molar-refractivity contribution in [1.82, 2.24) is 0 Å². The summed E-state index contributed by atoms with van der Waals surface area (Å²) in [7, 11) is -0.0426. The number of halogens is 3. The van der Waals surface area contributed by atoms with Gasteiger partial charge in [-0.3, -0.25) is 0 Å². The average molecular weight is 399 g/mol. The molecule has 0 saturated carbocycles. The Morgan fingerprint density at radius 3 is 2.11 bits per heavy atom. The number of alkyl halides is 3. The number of fused-ring (bicyclic) bond motifs is 1. The molecule has 0 unspecified atom stereocenters. The van der Waals surface area contributed by atoms with Crippen molar-refractivity contribution < 1.29 is 17.9 Å². The van der Waals surface area contributed by atoms with E-state index in [1.807, 2.05) is 30.3 Å². The maximum absolute atomic E-state index is 12.9. The zero-order chi connectivity index (χ0) is 20.5. The normalized spacial score (nSPS) is 11.8. The first-order valence-corrected chi connectivity index (χ1v) is 12.4. The molecule has 0 aliphatic carbocycles. The number of methoxy groups -OCH3 is 1. The standard InChI is InChI=1S/C23H21F3OSi/c1-27-19-11-7-17-8-12-20(16-5-9-18(10-6-16)23(24,25)26)21(22(17)15-19)13-14-28(2,3)4/h5-12,15H,1-4H3. The van der Waals surface area contributed by atoms with Crippen LogP contribution < -0.4 is 4.74 Å². The lowest BCUT2D eigenvalue weighted by Gasteiger charge is -2.13. The lowest BCUT2D eigenvalue weighted by molar-refractivity contribution is -0.137. The van der Waals surface area contributed by atoms with Gasteiger partial charge in [0.15, 0.2) is 0 Å². The van der Waals surface area contributed by atoms with E-state index in [9.17, 15) is 13.2 Å². The van der Waals surface area contributed by atoms with Crippen molar-refractivity contribution in [3.05, 3.63) is 65.7 Å². The fourth-order valence-electron chi connectivity index (χ4n) is 2.89. The van der Waals surface area contributed by atoms with Gasteiger partial charge in [-0.15, -0.1) is 5.54 Å². The fraction of sp³-hybridized carbons (Fsp3) is 0.217. The number of hydrogen-bond acceptors (Lipinski definition) is 1. The Morgan fingerprint density at radius 1 is 0.893 bits per heavy atom. The molecule has 3 aromatic carbocycles. The summed E-state index contributed by atoms with van der Waals surface area (Å²) >= 11 is 0. The lowest BCUT2D eigenvalue weighted by Crippen LogP contribution is -2.16. The van der Waals surface area contributed by atoms with Crippen molar-refractivity contribution >= 4 is 18.8 Å². The highest BCUT2D eigenvalue weighted by atomic mass is 28.3. The summed E-state index contributed by atoms with van der Waals surface area (Å²) in [5.41, 5.74) is 5.07. The molecule has 5 heteroatoms. The molecular formula is C23H21F3OSi. The molecule has 0 N–H and O–H groups in total. The van der Waals surface area contributed by atoms with Crippen molar-refractivity contribution in [3.63, 3.8) is 0 Å². The Labute approximate surface area is 164 Å². The van der Waals surface area contributed by atoms with Crippen molar-refractivity contribution in [2.75, 3.05) is 7.11 Å². The van der Waals surface area contributed by atoms with E-state index in [2.05, 4.69) is 31.1 Å². The molecule has 144 valence electrons. The van der Waals surface area contributed by atoms with Gasteiger partial charge >= 0.3 is 6.18 Å². The van der Waals surface area contributed by atoms with Gasteiger partial charge in [0.2, 0.25) is 0 Å². The summed E-state index contributed by atoms with van der Waals surface area (Å²) in [5.74, 6) is 4.04. The summed E-state index contributed by atoms with van der Waals surface area (Å²) in [5, 5.41) is 1.94. The first kappa shape index (κ1) is 20.0. The third-order valence-corrected chi connectivity index (χ3v) is 5.19. The van der Waals surface area contributed by atoms with Crippen molar-refractivity contribution in [2.24, 2.45) is 0 Å². The zero-order valence-corrected chi connectivity index (χ0v) is 17.2. The van der Waals surface area contributed by atoms with Gasteiger partial charge in [-0.1, -0.05) is 55.9 Å². The first-order valence-electron chi connectivity index (χ1n) is 8.90. The predicted octanol–water partition coefficient (Wildman–Crippen LogP) is 6.76. The quantitative estimate of drug-likeness (QED) is 0.342. The molecule has 0 aromatic heterocycles. The molecule has 28 heavy (non-hydrogen) atoms. The monoisotopic (exact) mass is 398 g/mol. The molecule has 0 aliphatic rings. The van der Waals surface area contributed by atoms with E-state index >= 15 is 0 Å². The molecule has 0 bridgehead atoms. The minimum atomic E-state index is -4.35. The van der Waals surface area contributed by atoms with Gasteiger partial charge in [-0.2, -0.15) is 13.2 Å². The number of hydrogen-bond donors (Lipinski definition) is 0. The molecular weight excluding hydrogens is 377 g/mol. The zero-order valence-electron chi connectivity index (χ0n) is 16.2. The van der Waals surface area contributed by atoms with Gasteiger partial charge < -0.3 is 4.74 Å². The molecule has 0 aliphatic heterocycles. The van der Waals surface area contributed by atoms with Gasteiger partial charge in [-0.05, 0) is 40.8 Å². The Bertz CT molecular complexity index is 1070. The highest BCUT2D eigenvalue weighted by Crippen LogP contribution is 2.34. The molecule has 0 atom stereocenters. The summed E-state index contributed by atoms with van der Waals surface area (Å²) in [6, 6.07) is 14.9. The second-order valence-electron chi connectivity index (χ2n) is 7.65. The van der Waals surface area contributed by atoms with Crippen LogP contribution in [-0.2, 0) is 6.18 Å². The Kier molecular flexibility index (Phi) is 5.27. The smallest absolute Gasteiger partial charge is 0.416 e. The third kappa shape index (κ3) is 4.40. The van der Waals surface area contributed by atoms with Crippen LogP contribution >= 0.6 is 0 Å². The van der Waals surface area contributed by atoms with Gasteiger partial charge in [0.1, 0.15) is 13.8 Å². The van der Waals surface area contributed by atoms with E-state index in [0.717, 1.165) is 34.0 Å². The molecule has 0 radical (unpaired) electrons. The minimum absolute atomic E-state index is 0.659. The molecule has 3 aromatic rings. The van der Waals surface area contributed by atoms with Crippen LogP contribution in [0.4, 0.5) is 13.2 Å². The van der Waals surface area contributed by atoms with Crippen LogP contribution in [0, 0.1) is 11.5 Å². The fourth-order valence-corrected chi connectivity index (χ4v) is 3.39. The van der Waals surface area contributed by atoms with Crippen LogP contribution in [0.3, 0.4) is 0 Å². The second-order valence-corrected chi connectivity index (χ2v) is 12.4. The molecule has 0 saturated heterocycles. The van der Waals surface area contributed by atoms with Gasteiger partial charge in [0, 0.05) is 10.9 Å². The van der Waals surface area contributed by atoms with Gasteiger partial charge in [-0.25, -0.2) is 0 Å². The molecule has 0 heterocycles.